The Bertz CT molecular complexity index is 645. The molecule has 0 aromatic rings. The van der Waals surface area contributed by atoms with Gasteiger partial charge in [-0.05, 0) is 39.8 Å². The molecule has 2 fully saturated rings. The van der Waals surface area contributed by atoms with E-state index in [0.717, 1.165) is 25.8 Å². The number of rotatable bonds is 6. The van der Waals surface area contributed by atoms with Crippen LogP contribution in [0.1, 0.15) is 25.7 Å². The maximum atomic E-state index is 12.6. The fourth-order valence-electron chi connectivity index (χ4n) is 3.27. The number of sulfone groups is 1. The third kappa shape index (κ3) is 5.72. The van der Waals surface area contributed by atoms with Gasteiger partial charge < -0.3 is 14.7 Å². The molecule has 2 heterocycles. The monoisotopic (exact) mass is 368 g/mol. The fourth-order valence-corrected chi connectivity index (χ4v) is 5.01. The lowest BCUT2D eigenvalue weighted by molar-refractivity contribution is -0.127. The zero-order valence-corrected chi connectivity index (χ0v) is 16.0. The predicted octanol–water partition coefficient (Wildman–Crippen LogP) is 0.457. The van der Waals surface area contributed by atoms with E-state index in [-0.39, 0.29) is 29.0 Å². The van der Waals surface area contributed by atoms with Gasteiger partial charge in [0.1, 0.15) is 11.6 Å². The van der Waals surface area contributed by atoms with Gasteiger partial charge in [0.25, 0.3) is 5.91 Å². The van der Waals surface area contributed by atoms with Gasteiger partial charge in [0.15, 0.2) is 9.84 Å². The molecule has 2 aliphatic rings. The molecule has 0 N–H and O–H groups in total. The number of hydrogen-bond acceptors (Lipinski definition) is 6. The van der Waals surface area contributed by atoms with Crippen LogP contribution < -0.4 is 0 Å². The smallest absolute Gasteiger partial charge is 0.266 e. The van der Waals surface area contributed by atoms with Crippen molar-refractivity contribution in [2.45, 2.75) is 31.7 Å². The molecule has 2 saturated heterocycles. The zero-order valence-electron chi connectivity index (χ0n) is 15.1. The van der Waals surface area contributed by atoms with Gasteiger partial charge in [-0.25, -0.2) is 8.42 Å². The molecule has 25 heavy (non-hydrogen) atoms. The molecule has 8 heteroatoms. The van der Waals surface area contributed by atoms with Crippen molar-refractivity contribution in [1.82, 2.24) is 14.7 Å². The van der Waals surface area contributed by atoms with Gasteiger partial charge in [0.05, 0.1) is 11.5 Å². The molecular formula is C17H28N4O3S. The molecule has 0 spiro atoms. The van der Waals surface area contributed by atoms with Gasteiger partial charge in [0, 0.05) is 38.4 Å². The summed E-state index contributed by atoms with van der Waals surface area (Å²) in [5.74, 6) is 0.0253. The summed E-state index contributed by atoms with van der Waals surface area (Å²) in [6, 6.07) is 1.86. The van der Waals surface area contributed by atoms with E-state index in [0.29, 0.717) is 26.1 Å². The summed E-state index contributed by atoms with van der Waals surface area (Å²) in [5.41, 5.74) is 0.102. The molecule has 0 radical (unpaired) electrons. The van der Waals surface area contributed by atoms with Crippen molar-refractivity contribution in [2.24, 2.45) is 0 Å². The fraction of sp³-hybridized carbons (Fsp3) is 0.765. The Morgan fingerprint density at radius 3 is 2.44 bits per heavy atom. The molecule has 0 aliphatic carbocycles. The normalized spacial score (nSPS) is 23.5. The first-order chi connectivity index (χ1) is 11.8. The molecule has 0 aromatic heterocycles. The average Bonchev–Trinajstić information content (AvgIpc) is 2.95. The van der Waals surface area contributed by atoms with Crippen molar-refractivity contribution >= 4 is 15.7 Å². The number of carbonyl (C=O) groups is 1. The van der Waals surface area contributed by atoms with Gasteiger partial charge in [-0.2, -0.15) is 5.26 Å². The van der Waals surface area contributed by atoms with Crippen molar-refractivity contribution in [3.63, 3.8) is 0 Å². The summed E-state index contributed by atoms with van der Waals surface area (Å²) in [6.07, 6.45) is 5.18. The highest BCUT2D eigenvalue weighted by molar-refractivity contribution is 7.91. The summed E-state index contributed by atoms with van der Waals surface area (Å²) in [5, 5.41) is 9.48. The van der Waals surface area contributed by atoms with E-state index in [1.165, 1.54) is 0 Å². The van der Waals surface area contributed by atoms with Gasteiger partial charge in [-0.1, -0.05) is 0 Å². The highest BCUT2D eigenvalue weighted by Crippen LogP contribution is 2.20. The molecule has 1 amide bonds. The molecule has 2 rings (SSSR count). The Morgan fingerprint density at radius 1 is 1.24 bits per heavy atom. The van der Waals surface area contributed by atoms with E-state index in [9.17, 15) is 18.5 Å². The number of likely N-dealkylation sites (N-methyl/N-ethyl adjacent to an activating group) is 1. The van der Waals surface area contributed by atoms with Crippen LogP contribution in [0.5, 0.6) is 0 Å². The molecule has 0 aromatic carbocycles. The zero-order chi connectivity index (χ0) is 18.4. The lowest BCUT2D eigenvalue weighted by atomic mass is 10.1. The third-order valence-corrected chi connectivity index (χ3v) is 6.52. The number of hydrogen-bond donors (Lipinski definition) is 0. The van der Waals surface area contributed by atoms with Crippen LogP contribution >= 0.6 is 0 Å². The van der Waals surface area contributed by atoms with Crippen LogP contribution in [0.25, 0.3) is 0 Å². The molecule has 2 aliphatic heterocycles. The van der Waals surface area contributed by atoms with Gasteiger partial charge in [-0.3, -0.25) is 4.79 Å². The first-order valence-corrected chi connectivity index (χ1v) is 10.7. The predicted molar refractivity (Wildman–Crippen MR) is 96.4 cm³/mol. The first kappa shape index (κ1) is 19.7. The minimum absolute atomic E-state index is 0.0908. The maximum absolute atomic E-state index is 12.6. The second kappa shape index (κ2) is 8.68. The van der Waals surface area contributed by atoms with E-state index >= 15 is 0 Å². The van der Waals surface area contributed by atoms with Crippen LogP contribution in [0.4, 0.5) is 0 Å². The number of nitriles is 1. The van der Waals surface area contributed by atoms with E-state index < -0.39 is 9.84 Å². The maximum Gasteiger partial charge on any atom is 0.266 e. The summed E-state index contributed by atoms with van der Waals surface area (Å²) in [4.78, 5) is 18.2. The number of nitrogens with zero attached hydrogens (tertiary/aromatic N) is 4. The van der Waals surface area contributed by atoms with Crippen molar-refractivity contribution in [3.05, 3.63) is 11.8 Å². The van der Waals surface area contributed by atoms with E-state index in [1.54, 1.807) is 11.1 Å². The van der Waals surface area contributed by atoms with Gasteiger partial charge in [-0.15, -0.1) is 0 Å². The number of likely N-dealkylation sites (tertiary alicyclic amines) is 1. The van der Waals surface area contributed by atoms with Crippen LogP contribution in [-0.4, -0.2) is 86.8 Å². The number of carbonyl (C=O) groups excluding carboxylic acids is 1. The van der Waals surface area contributed by atoms with E-state index in [2.05, 4.69) is 0 Å². The van der Waals surface area contributed by atoms with Crippen LogP contribution in [-0.2, 0) is 14.6 Å². The molecule has 140 valence electrons. The SMILES string of the molecule is CN(C)CCN(/C=C(/C#N)C(=O)N1CCCCC1)C1CCS(=O)(=O)C1. The standard InChI is InChI=1S/C17H28N4O3S/c1-19(2)9-10-21(16-6-11-25(23,24)14-16)13-15(12-18)17(22)20-7-4-3-5-8-20/h13,16H,3-11,14H2,1-2H3/b15-13-. The summed E-state index contributed by atoms with van der Waals surface area (Å²) < 4.78 is 23.6. The largest absolute Gasteiger partial charge is 0.371 e. The van der Waals surface area contributed by atoms with Crippen molar-refractivity contribution in [3.8, 4) is 6.07 Å². The lowest BCUT2D eigenvalue weighted by Gasteiger charge is -2.30. The molecular weight excluding hydrogens is 340 g/mol. The first-order valence-electron chi connectivity index (χ1n) is 8.84. The minimum atomic E-state index is -3.03. The molecule has 0 saturated carbocycles. The third-order valence-electron chi connectivity index (χ3n) is 4.77. The second-order valence-electron chi connectivity index (χ2n) is 7.11. The van der Waals surface area contributed by atoms with Crippen molar-refractivity contribution < 1.29 is 13.2 Å². The minimum Gasteiger partial charge on any atom is -0.371 e. The molecule has 1 atom stereocenters. The Labute approximate surface area is 150 Å². The Balaban J connectivity index is 2.17. The van der Waals surface area contributed by atoms with Crippen LogP contribution in [0.2, 0.25) is 0 Å². The summed E-state index contributed by atoms with van der Waals surface area (Å²) in [6.45, 7) is 2.69. The molecule has 1 unspecified atom stereocenters. The van der Waals surface area contributed by atoms with Crippen molar-refractivity contribution in [2.75, 3.05) is 51.8 Å². The number of amides is 1. The second-order valence-corrected chi connectivity index (χ2v) is 9.33. The van der Waals surface area contributed by atoms with Crippen LogP contribution in [0.3, 0.4) is 0 Å². The van der Waals surface area contributed by atoms with Crippen molar-refractivity contribution in [1.29, 1.82) is 5.26 Å². The Morgan fingerprint density at radius 2 is 1.92 bits per heavy atom. The Kier molecular flexibility index (Phi) is 6.85. The summed E-state index contributed by atoms with van der Waals surface area (Å²) >= 11 is 0. The molecule has 0 bridgehead atoms. The topological polar surface area (TPSA) is 84.7 Å². The van der Waals surface area contributed by atoms with E-state index in [1.807, 2.05) is 30.0 Å². The van der Waals surface area contributed by atoms with Gasteiger partial charge >= 0.3 is 0 Å². The Hall–Kier alpha value is -1.59. The van der Waals surface area contributed by atoms with Crippen LogP contribution in [0, 0.1) is 11.3 Å². The quantitative estimate of drug-likeness (QED) is 0.500. The highest BCUT2D eigenvalue weighted by Gasteiger charge is 2.32. The highest BCUT2D eigenvalue weighted by atomic mass is 32.2. The van der Waals surface area contributed by atoms with Gasteiger partial charge in [0.2, 0.25) is 0 Å². The summed E-state index contributed by atoms with van der Waals surface area (Å²) in [7, 11) is 0.859. The lowest BCUT2D eigenvalue weighted by Crippen LogP contribution is -2.39. The molecule has 7 nitrogen and oxygen atoms in total. The average molecular weight is 369 g/mol. The van der Waals surface area contributed by atoms with E-state index in [4.69, 9.17) is 0 Å². The number of piperidine rings is 1. The van der Waals surface area contributed by atoms with Crippen LogP contribution in [0.15, 0.2) is 11.8 Å².